The van der Waals surface area contributed by atoms with Crippen LogP contribution in [0.1, 0.15) is 41.0 Å². The molecule has 0 aliphatic carbocycles. The van der Waals surface area contributed by atoms with Gasteiger partial charge in [-0.2, -0.15) is 0 Å². The highest BCUT2D eigenvalue weighted by molar-refractivity contribution is 6.85. The molecule has 0 aromatic heterocycles. The predicted octanol–water partition coefficient (Wildman–Crippen LogP) is 4.73. The van der Waals surface area contributed by atoms with Gasteiger partial charge in [0.2, 0.25) is 0 Å². The van der Waals surface area contributed by atoms with Crippen molar-refractivity contribution in [1.29, 1.82) is 0 Å². The maximum atomic E-state index is 6.04. The summed E-state index contributed by atoms with van der Waals surface area (Å²) in [4.78, 5) is 0. The number of allylic oxidation sites excluding steroid dienone is 2. The fourth-order valence-corrected chi connectivity index (χ4v) is 5.23. The van der Waals surface area contributed by atoms with Crippen molar-refractivity contribution in [3.8, 4) is 0 Å². The van der Waals surface area contributed by atoms with Crippen LogP contribution in [0.25, 0.3) is 0 Å². The summed E-state index contributed by atoms with van der Waals surface area (Å²) >= 11 is 0. The van der Waals surface area contributed by atoms with Gasteiger partial charge in [0.25, 0.3) is 0 Å². The quantitative estimate of drug-likeness (QED) is 0.348. The first kappa shape index (κ1) is 17.7. The van der Waals surface area contributed by atoms with Crippen LogP contribution in [-0.2, 0) is 9.47 Å². The Labute approximate surface area is 126 Å². The molecule has 0 radical (unpaired) electrons. The lowest BCUT2D eigenvalue weighted by Gasteiger charge is -2.32. The van der Waals surface area contributed by atoms with Gasteiger partial charge in [0.05, 0.1) is 26.9 Å². The van der Waals surface area contributed by atoms with E-state index < -0.39 is 8.07 Å². The van der Waals surface area contributed by atoms with Gasteiger partial charge in [-0.25, -0.2) is 0 Å². The summed E-state index contributed by atoms with van der Waals surface area (Å²) in [6, 6.07) is 2.56. The molecule has 0 bridgehead atoms. The van der Waals surface area contributed by atoms with E-state index in [1.165, 1.54) is 17.7 Å². The molecule has 1 fully saturated rings. The lowest BCUT2D eigenvalue weighted by molar-refractivity contribution is 0.0105. The smallest absolute Gasteiger partial charge is 0.104 e. The van der Waals surface area contributed by atoms with Crippen molar-refractivity contribution in [2.24, 2.45) is 0 Å². The Morgan fingerprint density at radius 2 is 1.95 bits per heavy atom. The van der Waals surface area contributed by atoms with Crippen molar-refractivity contribution >= 4 is 8.07 Å². The fourth-order valence-electron chi connectivity index (χ4n) is 2.40. The van der Waals surface area contributed by atoms with Crippen LogP contribution in [0.4, 0.5) is 0 Å². The summed E-state index contributed by atoms with van der Waals surface area (Å²) in [6.45, 7) is 19.3. The second-order valence-corrected chi connectivity index (χ2v) is 12.1. The zero-order valence-electron chi connectivity index (χ0n) is 14.2. The minimum atomic E-state index is -1.35. The molecule has 0 saturated carbocycles. The first-order valence-electron chi connectivity index (χ1n) is 7.84. The van der Waals surface area contributed by atoms with Gasteiger partial charge in [-0.1, -0.05) is 55.9 Å². The van der Waals surface area contributed by atoms with Crippen molar-refractivity contribution in [2.75, 3.05) is 13.2 Å². The molecule has 2 nitrogen and oxygen atoms in total. The van der Waals surface area contributed by atoms with Crippen molar-refractivity contribution < 1.29 is 9.47 Å². The second-order valence-electron chi connectivity index (χ2n) is 6.94. The Bertz CT molecular complexity index is 363. The monoisotopic (exact) mass is 296 g/mol. The molecule has 1 aliphatic heterocycles. The van der Waals surface area contributed by atoms with E-state index in [-0.39, 0.29) is 5.60 Å². The molecule has 116 valence electrons. The van der Waals surface area contributed by atoms with Gasteiger partial charge in [-0.05, 0) is 27.2 Å². The highest BCUT2D eigenvalue weighted by atomic mass is 28.3. The Hall–Kier alpha value is -0.383. The maximum Gasteiger partial charge on any atom is 0.104 e. The maximum absolute atomic E-state index is 6.04. The minimum absolute atomic E-state index is 0.213. The third-order valence-corrected chi connectivity index (χ3v) is 9.39. The minimum Gasteiger partial charge on any atom is -0.371 e. The zero-order chi connectivity index (χ0) is 15.4. The van der Waals surface area contributed by atoms with Gasteiger partial charge in [0.1, 0.15) is 6.10 Å². The molecule has 0 N–H and O–H groups in total. The average molecular weight is 297 g/mol. The van der Waals surface area contributed by atoms with Crippen LogP contribution in [-0.4, -0.2) is 33.0 Å². The van der Waals surface area contributed by atoms with Gasteiger partial charge < -0.3 is 9.47 Å². The van der Waals surface area contributed by atoms with E-state index in [9.17, 15) is 0 Å². The number of ether oxygens (including phenoxy) is 2. The molecule has 0 aromatic rings. The van der Waals surface area contributed by atoms with Gasteiger partial charge >= 0.3 is 0 Å². The summed E-state index contributed by atoms with van der Waals surface area (Å²) < 4.78 is 11.3. The van der Waals surface area contributed by atoms with Crippen molar-refractivity contribution in [2.45, 2.75) is 71.4 Å². The summed E-state index contributed by atoms with van der Waals surface area (Å²) in [5, 5.41) is 1.59. The number of epoxide rings is 1. The molecule has 20 heavy (non-hydrogen) atoms. The lowest BCUT2D eigenvalue weighted by atomic mass is 10.1. The number of hydrogen-bond donors (Lipinski definition) is 0. The number of hydrogen-bond acceptors (Lipinski definition) is 2. The second kappa shape index (κ2) is 7.06. The Balaban J connectivity index is 2.88. The summed E-state index contributed by atoms with van der Waals surface area (Å²) in [5.74, 6) is 0. The van der Waals surface area contributed by atoms with E-state index in [1.54, 1.807) is 5.20 Å². The standard InChI is InChI=1S/C17H32O2Si/c1-8-20(7,9-2)16(10-14(3)4)11-17(5,6)19-13-15-12-18-15/h11,15H,3,8-10,12-13H2,1-2,4-7H3. The van der Waals surface area contributed by atoms with Crippen molar-refractivity contribution in [3.63, 3.8) is 0 Å². The van der Waals surface area contributed by atoms with Crippen LogP contribution >= 0.6 is 0 Å². The lowest BCUT2D eigenvalue weighted by Crippen LogP contribution is -2.35. The molecule has 0 spiro atoms. The van der Waals surface area contributed by atoms with E-state index in [0.717, 1.165) is 13.0 Å². The predicted molar refractivity (Wildman–Crippen MR) is 89.9 cm³/mol. The highest BCUT2D eigenvalue weighted by Crippen LogP contribution is 2.31. The van der Waals surface area contributed by atoms with Crippen LogP contribution in [0.15, 0.2) is 23.4 Å². The summed E-state index contributed by atoms with van der Waals surface area (Å²) in [7, 11) is -1.35. The van der Waals surface area contributed by atoms with E-state index in [4.69, 9.17) is 9.47 Å². The molecule has 0 amide bonds. The third-order valence-electron chi connectivity index (χ3n) is 4.39. The van der Waals surface area contributed by atoms with E-state index in [1.807, 2.05) is 0 Å². The molecule has 0 aromatic carbocycles. The molecular formula is C17H32O2Si. The summed E-state index contributed by atoms with van der Waals surface area (Å²) in [5.41, 5.74) is 1.04. The van der Waals surface area contributed by atoms with Gasteiger partial charge in [-0.15, -0.1) is 0 Å². The fraction of sp³-hybridized carbons (Fsp3) is 0.765. The molecule has 1 unspecified atom stereocenters. The summed E-state index contributed by atoms with van der Waals surface area (Å²) in [6.07, 6.45) is 3.73. The first-order valence-corrected chi connectivity index (χ1v) is 10.8. The Kier molecular flexibility index (Phi) is 6.23. The topological polar surface area (TPSA) is 21.8 Å². The van der Waals surface area contributed by atoms with Crippen LogP contribution < -0.4 is 0 Å². The Morgan fingerprint density at radius 1 is 1.40 bits per heavy atom. The van der Waals surface area contributed by atoms with Crippen LogP contribution in [0.2, 0.25) is 18.6 Å². The Morgan fingerprint density at radius 3 is 2.35 bits per heavy atom. The van der Waals surface area contributed by atoms with Crippen molar-refractivity contribution in [1.82, 2.24) is 0 Å². The highest BCUT2D eigenvalue weighted by Gasteiger charge is 2.31. The number of rotatable bonds is 9. The molecule has 1 rings (SSSR count). The van der Waals surface area contributed by atoms with E-state index >= 15 is 0 Å². The van der Waals surface area contributed by atoms with E-state index in [0.29, 0.717) is 12.7 Å². The largest absolute Gasteiger partial charge is 0.371 e. The van der Waals surface area contributed by atoms with Gasteiger partial charge in [0, 0.05) is 0 Å². The third kappa shape index (κ3) is 5.55. The SMILES string of the molecule is C=C(C)CC(=CC(C)(C)OCC1CO1)[Si](C)(CC)CC. The van der Waals surface area contributed by atoms with Gasteiger partial charge in [0.15, 0.2) is 0 Å². The average Bonchev–Trinajstić information content (AvgIpc) is 3.18. The van der Waals surface area contributed by atoms with Crippen LogP contribution in [0.3, 0.4) is 0 Å². The molecule has 1 aliphatic rings. The molecule has 1 atom stereocenters. The first-order chi connectivity index (χ1) is 9.22. The molecule has 3 heteroatoms. The molecule has 1 heterocycles. The van der Waals surface area contributed by atoms with Crippen LogP contribution in [0, 0.1) is 0 Å². The zero-order valence-corrected chi connectivity index (χ0v) is 15.2. The van der Waals surface area contributed by atoms with Gasteiger partial charge in [-0.3, -0.25) is 0 Å². The normalized spacial score (nSPS) is 20.1. The van der Waals surface area contributed by atoms with Crippen molar-refractivity contribution in [3.05, 3.63) is 23.4 Å². The molecule has 1 saturated heterocycles. The van der Waals surface area contributed by atoms with E-state index in [2.05, 4.69) is 53.8 Å². The van der Waals surface area contributed by atoms with Crippen LogP contribution in [0.5, 0.6) is 0 Å². The molecular weight excluding hydrogens is 264 g/mol.